The Morgan fingerprint density at radius 2 is 2.00 bits per heavy atom. The Labute approximate surface area is 116 Å². The zero-order valence-electron chi connectivity index (χ0n) is 10.4. The lowest BCUT2D eigenvalue weighted by Gasteiger charge is -2.14. The summed E-state index contributed by atoms with van der Waals surface area (Å²) < 4.78 is 18.8. The van der Waals surface area contributed by atoms with Crippen LogP contribution in [0.2, 0.25) is 5.02 Å². The van der Waals surface area contributed by atoms with Crippen LogP contribution in [0.1, 0.15) is 24.2 Å². The summed E-state index contributed by atoms with van der Waals surface area (Å²) in [7, 11) is 0. The number of hydrogen-bond donors (Lipinski definition) is 1. The van der Waals surface area contributed by atoms with Gasteiger partial charge in [0.15, 0.2) is 0 Å². The number of benzene rings is 2. The van der Waals surface area contributed by atoms with E-state index in [4.69, 9.17) is 16.3 Å². The van der Waals surface area contributed by atoms with Crippen LogP contribution in [-0.4, -0.2) is 5.11 Å². The fourth-order valence-corrected chi connectivity index (χ4v) is 1.94. The third-order valence-corrected chi connectivity index (χ3v) is 3.13. The Balaban J connectivity index is 2.18. The molecule has 0 fully saturated rings. The quantitative estimate of drug-likeness (QED) is 0.913. The van der Waals surface area contributed by atoms with E-state index in [2.05, 4.69) is 0 Å². The molecule has 1 unspecified atom stereocenters. The van der Waals surface area contributed by atoms with E-state index in [1.807, 2.05) is 18.2 Å². The van der Waals surface area contributed by atoms with E-state index in [1.165, 1.54) is 18.2 Å². The van der Waals surface area contributed by atoms with Crippen LogP contribution in [0.15, 0.2) is 42.5 Å². The molecule has 2 nitrogen and oxygen atoms in total. The standard InChI is InChI=1S/C15H14ClFO2/c1-10(18)13-8-12(17)6-7-15(13)19-9-11-4-2-3-5-14(11)16/h2-8,10,18H,9H2,1H3. The predicted octanol–water partition coefficient (Wildman–Crippen LogP) is 4.11. The Morgan fingerprint density at radius 3 is 2.68 bits per heavy atom. The summed E-state index contributed by atoms with van der Waals surface area (Å²) in [4.78, 5) is 0. The molecule has 0 bridgehead atoms. The van der Waals surface area contributed by atoms with Crippen LogP contribution in [-0.2, 0) is 6.61 Å². The van der Waals surface area contributed by atoms with Crippen molar-refractivity contribution >= 4 is 11.6 Å². The lowest BCUT2D eigenvalue weighted by atomic mass is 10.1. The van der Waals surface area contributed by atoms with Crippen molar-refractivity contribution in [2.45, 2.75) is 19.6 Å². The number of aliphatic hydroxyl groups is 1. The summed E-state index contributed by atoms with van der Waals surface area (Å²) in [5.41, 5.74) is 1.26. The molecule has 1 N–H and O–H groups in total. The van der Waals surface area contributed by atoms with E-state index in [0.717, 1.165) is 5.56 Å². The van der Waals surface area contributed by atoms with Crippen LogP contribution in [0, 0.1) is 5.82 Å². The molecule has 0 saturated carbocycles. The van der Waals surface area contributed by atoms with Crippen molar-refractivity contribution in [1.82, 2.24) is 0 Å². The second-order valence-corrected chi connectivity index (χ2v) is 4.65. The van der Waals surface area contributed by atoms with Gasteiger partial charge in [-0.25, -0.2) is 4.39 Å². The molecule has 2 aromatic rings. The third-order valence-electron chi connectivity index (χ3n) is 2.76. The number of ether oxygens (including phenoxy) is 1. The highest BCUT2D eigenvalue weighted by atomic mass is 35.5. The van der Waals surface area contributed by atoms with Gasteiger partial charge in [0.2, 0.25) is 0 Å². The maximum Gasteiger partial charge on any atom is 0.125 e. The van der Waals surface area contributed by atoms with Crippen molar-refractivity contribution in [2.24, 2.45) is 0 Å². The molecule has 0 aliphatic rings. The molecule has 0 spiro atoms. The average Bonchev–Trinajstić information content (AvgIpc) is 2.38. The summed E-state index contributed by atoms with van der Waals surface area (Å²) in [6.45, 7) is 1.84. The van der Waals surface area contributed by atoms with Crippen LogP contribution in [0.3, 0.4) is 0 Å². The SMILES string of the molecule is CC(O)c1cc(F)ccc1OCc1ccccc1Cl. The van der Waals surface area contributed by atoms with Crippen molar-refractivity contribution in [1.29, 1.82) is 0 Å². The first-order valence-electron chi connectivity index (χ1n) is 5.91. The van der Waals surface area contributed by atoms with Gasteiger partial charge in [0, 0.05) is 16.1 Å². The van der Waals surface area contributed by atoms with Crippen molar-refractivity contribution in [3.05, 3.63) is 64.4 Å². The summed E-state index contributed by atoms with van der Waals surface area (Å²) >= 11 is 6.03. The second-order valence-electron chi connectivity index (χ2n) is 4.24. The fourth-order valence-electron chi connectivity index (χ4n) is 1.75. The lowest BCUT2D eigenvalue weighted by Crippen LogP contribution is -2.02. The first-order valence-corrected chi connectivity index (χ1v) is 6.29. The molecule has 0 radical (unpaired) electrons. The summed E-state index contributed by atoms with van der Waals surface area (Å²) in [6.07, 6.45) is -0.794. The number of halogens is 2. The largest absolute Gasteiger partial charge is 0.488 e. The van der Waals surface area contributed by atoms with Gasteiger partial charge in [-0.15, -0.1) is 0 Å². The third kappa shape index (κ3) is 3.46. The highest BCUT2D eigenvalue weighted by Crippen LogP contribution is 2.27. The molecule has 2 rings (SSSR count). The average molecular weight is 281 g/mol. The first kappa shape index (κ1) is 13.8. The molecule has 4 heteroatoms. The molecule has 0 aromatic heterocycles. The molecule has 0 heterocycles. The van der Waals surface area contributed by atoms with Crippen LogP contribution in [0.25, 0.3) is 0 Å². The van der Waals surface area contributed by atoms with E-state index in [9.17, 15) is 9.50 Å². The van der Waals surface area contributed by atoms with E-state index >= 15 is 0 Å². The molecule has 100 valence electrons. The van der Waals surface area contributed by atoms with Gasteiger partial charge >= 0.3 is 0 Å². The van der Waals surface area contributed by atoms with Crippen LogP contribution in [0.5, 0.6) is 5.75 Å². The van der Waals surface area contributed by atoms with Gasteiger partial charge in [0.25, 0.3) is 0 Å². The Hall–Kier alpha value is -1.58. The van der Waals surface area contributed by atoms with E-state index in [-0.39, 0.29) is 6.61 Å². The van der Waals surface area contributed by atoms with Crippen LogP contribution >= 0.6 is 11.6 Å². The van der Waals surface area contributed by atoms with Crippen LogP contribution in [0.4, 0.5) is 4.39 Å². The molecule has 1 atom stereocenters. The summed E-state index contributed by atoms with van der Waals surface area (Å²) in [6, 6.07) is 11.4. The molecule has 0 saturated heterocycles. The van der Waals surface area contributed by atoms with E-state index in [0.29, 0.717) is 16.3 Å². The Bertz CT molecular complexity index is 570. The maximum atomic E-state index is 13.1. The predicted molar refractivity (Wildman–Crippen MR) is 72.8 cm³/mol. The number of hydrogen-bond acceptors (Lipinski definition) is 2. The maximum absolute atomic E-state index is 13.1. The summed E-state index contributed by atoms with van der Waals surface area (Å²) in [5.74, 6) is 0.0531. The van der Waals surface area contributed by atoms with Crippen molar-refractivity contribution in [3.8, 4) is 5.75 Å². The van der Waals surface area contributed by atoms with Crippen molar-refractivity contribution in [2.75, 3.05) is 0 Å². The smallest absolute Gasteiger partial charge is 0.125 e. The number of aliphatic hydroxyl groups excluding tert-OH is 1. The highest BCUT2D eigenvalue weighted by molar-refractivity contribution is 6.31. The van der Waals surface area contributed by atoms with Gasteiger partial charge < -0.3 is 9.84 Å². The zero-order valence-corrected chi connectivity index (χ0v) is 11.2. The monoisotopic (exact) mass is 280 g/mol. The second kappa shape index (κ2) is 6.04. The minimum atomic E-state index is -0.794. The van der Waals surface area contributed by atoms with E-state index in [1.54, 1.807) is 13.0 Å². The normalized spacial score (nSPS) is 12.2. The van der Waals surface area contributed by atoms with Gasteiger partial charge in [-0.2, -0.15) is 0 Å². The molecule has 0 aliphatic heterocycles. The molecule has 19 heavy (non-hydrogen) atoms. The first-order chi connectivity index (χ1) is 9.08. The lowest BCUT2D eigenvalue weighted by molar-refractivity contribution is 0.189. The minimum Gasteiger partial charge on any atom is -0.488 e. The molecular weight excluding hydrogens is 267 g/mol. The van der Waals surface area contributed by atoms with Gasteiger partial charge in [0.1, 0.15) is 18.2 Å². The topological polar surface area (TPSA) is 29.5 Å². The van der Waals surface area contributed by atoms with Gasteiger partial charge in [0.05, 0.1) is 6.10 Å². The molecular formula is C15H14ClFO2. The Morgan fingerprint density at radius 1 is 1.26 bits per heavy atom. The van der Waals surface area contributed by atoms with E-state index < -0.39 is 11.9 Å². The minimum absolute atomic E-state index is 0.269. The van der Waals surface area contributed by atoms with Crippen molar-refractivity contribution in [3.63, 3.8) is 0 Å². The highest BCUT2D eigenvalue weighted by Gasteiger charge is 2.11. The van der Waals surface area contributed by atoms with Gasteiger partial charge in [-0.05, 0) is 31.2 Å². The zero-order chi connectivity index (χ0) is 13.8. The van der Waals surface area contributed by atoms with Crippen molar-refractivity contribution < 1.29 is 14.2 Å². The molecule has 2 aromatic carbocycles. The van der Waals surface area contributed by atoms with Crippen LogP contribution < -0.4 is 4.74 Å². The molecule has 0 amide bonds. The number of rotatable bonds is 4. The van der Waals surface area contributed by atoms with Gasteiger partial charge in [-0.3, -0.25) is 0 Å². The summed E-state index contributed by atoms with van der Waals surface area (Å²) in [5, 5.41) is 10.2. The fraction of sp³-hybridized carbons (Fsp3) is 0.200. The Kier molecular flexibility index (Phi) is 4.40. The molecule has 0 aliphatic carbocycles. The van der Waals surface area contributed by atoms with Gasteiger partial charge in [-0.1, -0.05) is 29.8 Å².